The summed E-state index contributed by atoms with van der Waals surface area (Å²) in [6, 6.07) is 8.71. The molecule has 0 fully saturated rings. The third kappa shape index (κ3) is 4.89. The summed E-state index contributed by atoms with van der Waals surface area (Å²) in [5.41, 5.74) is 2.50. The van der Waals surface area contributed by atoms with Crippen molar-refractivity contribution in [3.8, 4) is 23.0 Å². The number of benzene rings is 2. The number of allylic oxidation sites excluding steroid dienone is 1. The number of nitrogens with zero attached hydrogens (tertiary/aromatic N) is 5. The molecule has 0 bridgehead atoms. The number of carbonyl (C=O) groups is 1. The average Bonchev–Trinajstić information content (AvgIpc) is 3.42. The second kappa shape index (κ2) is 11.3. The first-order valence-electron chi connectivity index (χ1n) is 12.7. The molecule has 4 aromatic rings. The third-order valence-corrected chi connectivity index (χ3v) is 6.64. The van der Waals surface area contributed by atoms with Crippen molar-refractivity contribution in [1.82, 2.24) is 20.5 Å². The maximum atomic E-state index is 15.6. The number of hydrogen-bond acceptors (Lipinski definition) is 9. The van der Waals surface area contributed by atoms with E-state index in [1.54, 1.807) is 57.4 Å². The van der Waals surface area contributed by atoms with Gasteiger partial charge in [0.15, 0.2) is 23.1 Å². The van der Waals surface area contributed by atoms with Crippen LogP contribution < -0.4 is 24.6 Å². The number of urea groups is 1. The molecular weight excluding hydrogens is 548 g/mol. The van der Waals surface area contributed by atoms with Gasteiger partial charge in [-0.1, -0.05) is 0 Å². The van der Waals surface area contributed by atoms with Gasteiger partial charge >= 0.3 is 6.03 Å². The van der Waals surface area contributed by atoms with Crippen molar-refractivity contribution in [3.63, 3.8) is 0 Å². The standard InChI is InChI=1S/C29H27F2N7O4/c1-15(32)20(13-33-3)21-10-22-18(12-34-21)14-37(27-25(30)23(40-4)11-24(41-5)26(27)31)29(39)38(22)19-8-6-17(7-9-19)28-36-35-16(2)42-28/h6-13,32-33H,14H2,1-5H3/b20-13+,32-15?. The second-order valence-corrected chi connectivity index (χ2v) is 9.30. The first-order chi connectivity index (χ1) is 20.2. The number of halogens is 2. The molecule has 1 aliphatic heterocycles. The van der Waals surface area contributed by atoms with E-state index < -0.39 is 23.4 Å². The van der Waals surface area contributed by atoms with Gasteiger partial charge in [0.25, 0.3) is 0 Å². The molecule has 13 heteroatoms. The van der Waals surface area contributed by atoms with Crippen LogP contribution in [-0.2, 0) is 6.54 Å². The monoisotopic (exact) mass is 575 g/mol. The predicted octanol–water partition coefficient (Wildman–Crippen LogP) is 5.61. The van der Waals surface area contributed by atoms with Gasteiger partial charge in [-0.15, -0.1) is 10.2 Å². The van der Waals surface area contributed by atoms with Gasteiger partial charge in [0.2, 0.25) is 11.8 Å². The molecule has 3 heterocycles. The van der Waals surface area contributed by atoms with Crippen LogP contribution in [0.4, 0.5) is 30.6 Å². The molecule has 2 amide bonds. The van der Waals surface area contributed by atoms with Crippen molar-refractivity contribution in [2.45, 2.75) is 20.4 Å². The highest BCUT2D eigenvalue weighted by molar-refractivity contribution is 6.21. The van der Waals surface area contributed by atoms with Crippen molar-refractivity contribution >= 4 is 34.4 Å². The van der Waals surface area contributed by atoms with E-state index in [2.05, 4.69) is 20.5 Å². The Morgan fingerprint density at radius 1 is 1.10 bits per heavy atom. The molecule has 0 radical (unpaired) electrons. The van der Waals surface area contributed by atoms with Gasteiger partial charge in [0.1, 0.15) is 5.69 Å². The van der Waals surface area contributed by atoms with E-state index in [1.165, 1.54) is 25.3 Å². The Morgan fingerprint density at radius 3 is 2.31 bits per heavy atom. The number of fused-ring (bicyclic) bond motifs is 1. The number of pyridine rings is 1. The molecule has 0 aliphatic carbocycles. The number of amides is 2. The topological polar surface area (TPSA) is 130 Å². The van der Waals surface area contributed by atoms with Crippen LogP contribution >= 0.6 is 0 Å². The predicted molar refractivity (Wildman–Crippen MR) is 152 cm³/mol. The Labute approximate surface area is 239 Å². The van der Waals surface area contributed by atoms with Crippen molar-refractivity contribution in [2.24, 2.45) is 0 Å². The van der Waals surface area contributed by atoms with E-state index >= 15 is 8.78 Å². The molecule has 2 aromatic heterocycles. The maximum Gasteiger partial charge on any atom is 0.334 e. The minimum Gasteiger partial charge on any atom is -0.493 e. The van der Waals surface area contributed by atoms with E-state index in [-0.39, 0.29) is 23.8 Å². The molecule has 0 saturated carbocycles. The van der Waals surface area contributed by atoms with Crippen molar-refractivity contribution in [3.05, 3.63) is 77.6 Å². The molecule has 2 N–H and O–H groups in total. The number of aromatic nitrogens is 3. The fraction of sp³-hybridized carbons (Fsp3) is 0.207. The normalized spacial score (nSPS) is 13.2. The summed E-state index contributed by atoms with van der Waals surface area (Å²) in [6.07, 6.45) is 3.15. The Hall–Kier alpha value is -5.33. The molecule has 0 saturated heterocycles. The number of anilines is 3. The SMILES string of the molecule is CN/C=C(\C(C)=N)c1cc2c(cn1)CN(c1c(F)c(OC)cc(OC)c1F)C(=O)N2c1ccc(-c2nnc(C)o2)cc1. The van der Waals surface area contributed by atoms with Crippen LogP contribution in [0.25, 0.3) is 17.0 Å². The Bertz CT molecular complexity index is 1690. The molecule has 0 spiro atoms. The molecule has 2 aromatic carbocycles. The number of carbonyl (C=O) groups excluding carboxylic acids is 1. The molecule has 216 valence electrons. The molecule has 0 atom stereocenters. The van der Waals surface area contributed by atoms with Gasteiger partial charge in [-0.25, -0.2) is 13.6 Å². The third-order valence-electron chi connectivity index (χ3n) is 6.64. The fourth-order valence-corrected chi connectivity index (χ4v) is 4.63. The Kier molecular flexibility index (Phi) is 7.57. The van der Waals surface area contributed by atoms with Gasteiger partial charge in [0, 0.05) is 54.8 Å². The zero-order valence-corrected chi connectivity index (χ0v) is 23.5. The number of ether oxygens (including phenoxy) is 2. The van der Waals surface area contributed by atoms with Gasteiger partial charge in [-0.05, 0) is 37.3 Å². The zero-order valence-electron chi connectivity index (χ0n) is 23.5. The first kappa shape index (κ1) is 28.2. The summed E-state index contributed by atoms with van der Waals surface area (Å²) in [5.74, 6) is -1.99. The summed E-state index contributed by atoms with van der Waals surface area (Å²) < 4.78 is 46.9. The molecule has 5 rings (SSSR count). The van der Waals surface area contributed by atoms with E-state index in [0.29, 0.717) is 45.6 Å². The lowest BCUT2D eigenvalue weighted by molar-refractivity contribution is 0.251. The largest absolute Gasteiger partial charge is 0.493 e. The van der Waals surface area contributed by atoms with Gasteiger partial charge in [-0.3, -0.25) is 14.8 Å². The van der Waals surface area contributed by atoms with E-state index in [4.69, 9.17) is 19.3 Å². The smallest absolute Gasteiger partial charge is 0.334 e. The summed E-state index contributed by atoms with van der Waals surface area (Å²) in [6.45, 7) is 3.10. The molecule has 0 unspecified atom stereocenters. The average molecular weight is 576 g/mol. The van der Waals surface area contributed by atoms with Crippen LogP contribution in [0.1, 0.15) is 24.1 Å². The van der Waals surface area contributed by atoms with Crippen LogP contribution in [0.5, 0.6) is 11.5 Å². The lowest BCUT2D eigenvalue weighted by Crippen LogP contribution is -2.46. The van der Waals surface area contributed by atoms with Crippen LogP contribution in [0.3, 0.4) is 0 Å². The highest BCUT2D eigenvalue weighted by atomic mass is 19.1. The Morgan fingerprint density at radius 2 is 1.76 bits per heavy atom. The minimum atomic E-state index is -1.06. The van der Waals surface area contributed by atoms with Crippen molar-refractivity contribution in [2.75, 3.05) is 31.1 Å². The highest BCUT2D eigenvalue weighted by Gasteiger charge is 2.38. The number of hydrogen-bond donors (Lipinski definition) is 2. The van der Waals surface area contributed by atoms with Crippen LogP contribution in [0, 0.1) is 24.0 Å². The van der Waals surface area contributed by atoms with E-state index in [9.17, 15) is 4.79 Å². The van der Waals surface area contributed by atoms with E-state index in [0.717, 1.165) is 11.0 Å². The molecule has 11 nitrogen and oxygen atoms in total. The lowest BCUT2D eigenvalue weighted by Gasteiger charge is -2.37. The summed E-state index contributed by atoms with van der Waals surface area (Å²) in [5, 5.41) is 19.0. The number of aryl methyl sites for hydroxylation is 1. The zero-order chi connectivity index (χ0) is 30.1. The summed E-state index contributed by atoms with van der Waals surface area (Å²) in [7, 11) is 4.17. The minimum absolute atomic E-state index is 0.198. The van der Waals surface area contributed by atoms with Crippen molar-refractivity contribution < 1.29 is 27.5 Å². The number of rotatable bonds is 8. The quantitative estimate of drug-likeness (QED) is 0.259. The summed E-state index contributed by atoms with van der Waals surface area (Å²) in [4.78, 5) is 21.0. The van der Waals surface area contributed by atoms with Crippen molar-refractivity contribution in [1.29, 1.82) is 5.41 Å². The lowest BCUT2D eigenvalue weighted by atomic mass is 10.0. The summed E-state index contributed by atoms with van der Waals surface area (Å²) >= 11 is 0. The highest BCUT2D eigenvalue weighted by Crippen LogP contribution is 2.43. The maximum absolute atomic E-state index is 15.6. The van der Waals surface area contributed by atoms with Crippen LogP contribution in [-0.4, -0.2) is 48.2 Å². The molecular formula is C29H27F2N7O4. The Balaban J connectivity index is 1.69. The van der Waals surface area contributed by atoms with Gasteiger partial charge in [0.05, 0.1) is 37.8 Å². The van der Waals surface area contributed by atoms with Gasteiger partial charge < -0.3 is 24.6 Å². The number of nitrogens with one attached hydrogen (secondary N) is 2. The van der Waals surface area contributed by atoms with Crippen LogP contribution in [0.15, 0.2) is 53.2 Å². The van der Waals surface area contributed by atoms with Gasteiger partial charge in [-0.2, -0.15) is 0 Å². The van der Waals surface area contributed by atoms with Crippen LogP contribution in [0.2, 0.25) is 0 Å². The molecule has 42 heavy (non-hydrogen) atoms. The van der Waals surface area contributed by atoms with E-state index in [1.807, 2.05) is 0 Å². The second-order valence-electron chi connectivity index (χ2n) is 9.30. The first-order valence-corrected chi connectivity index (χ1v) is 12.7. The molecule has 1 aliphatic rings. The number of methoxy groups -OCH3 is 2. The fourth-order valence-electron chi connectivity index (χ4n) is 4.63.